The van der Waals surface area contributed by atoms with Crippen molar-refractivity contribution < 1.29 is 0 Å². The van der Waals surface area contributed by atoms with E-state index in [-0.39, 0.29) is 0 Å². The number of thioether (sulfide) groups is 1. The second-order valence-electron chi connectivity index (χ2n) is 6.74. The Morgan fingerprint density at radius 1 is 1.04 bits per heavy atom. The molecule has 0 spiro atoms. The van der Waals surface area contributed by atoms with Crippen molar-refractivity contribution in [3.05, 3.63) is 52.5 Å². The summed E-state index contributed by atoms with van der Waals surface area (Å²) >= 11 is 14.4. The van der Waals surface area contributed by atoms with Crippen LogP contribution in [0.25, 0.3) is 0 Å². The predicted octanol–water partition coefficient (Wildman–Crippen LogP) is 7.81. The first kappa shape index (κ1) is 21.7. The smallest absolute Gasteiger partial charge is 0.0945 e. The molecule has 0 amide bonds. The van der Waals surface area contributed by atoms with Gasteiger partial charge in [0.2, 0.25) is 0 Å². The molecular weight excluding hydrogens is 383 g/mol. The molecular formula is C21H30Cl2N2S. The first-order valence-corrected chi connectivity index (χ1v) is 11.5. The van der Waals surface area contributed by atoms with Gasteiger partial charge in [-0.3, -0.25) is 0 Å². The highest BCUT2D eigenvalue weighted by atomic mass is 35.5. The monoisotopic (exact) mass is 412 g/mol. The fourth-order valence-corrected chi connectivity index (χ4v) is 4.60. The minimum absolute atomic E-state index is 0.437. The Balaban J connectivity index is 1.81. The molecule has 2 aromatic rings. The standard InChI is InChI=1S/C21H30Cl2N2S/c1-2-3-4-5-6-7-8-15-26-21(11-13-25-14-12-24-17-25)18-9-10-19(22)20(23)16-18/h9-10,12,14,16-17,21H,2-8,11,13,15H2,1H3. The normalized spacial score (nSPS) is 12.4. The van der Waals surface area contributed by atoms with Crippen LogP contribution in [0.15, 0.2) is 36.9 Å². The third-order valence-electron chi connectivity index (χ3n) is 4.59. The molecule has 1 aromatic carbocycles. The van der Waals surface area contributed by atoms with Crippen molar-refractivity contribution in [2.75, 3.05) is 5.75 Å². The van der Waals surface area contributed by atoms with E-state index in [0.29, 0.717) is 15.3 Å². The molecule has 1 atom stereocenters. The molecule has 26 heavy (non-hydrogen) atoms. The first-order chi connectivity index (χ1) is 12.7. The van der Waals surface area contributed by atoms with Crippen molar-refractivity contribution in [2.24, 2.45) is 0 Å². The zero-order chi connectivity index (χ0) is 18.6. The Morgan fingerprint density at radius 2 is 1.81 bits per heavy atom. The van der Waals surface area contributed by atoms with Crippen molar-refractivity contribution >= 4 is 35.0 Å². The first-order valence-electron chi connectivity index (χ1n) is 9.73. The van der Waals surface area contributed by atoms with E-state index in [0.717, 1.165) is 13.0 Å². The van der Waals surface area contributed by atoms with Crippen LogP contribution in [0.5, 0.6) is 0 Å². The third kappa shape index (κ3) is 7.94. The van der Waals surface area contributed by atoms with Crippen LogP contribution in [0.2, 0.25) is 10.0 Å². The minimum Gasteiger partial charge on any atom is -0.337 e. The molecule has 2 nitrogen and oxygen atoms in total. The molecule has 1 aromatic heterocycles. The molecule has 2 rings (SSSR count). The molecule has 0 saturated carbocycles. The quantitative estimate of drug-likeness (QED) is 0.312. The van der Waals surface area contributed by atoms with Gasteiger partial charge in [0.25, 0.3) is 0 Å². The molecule has 0 aliphatic carbocycles. The molecule has 0 aliphatic heterocycles. The molecule has 0 saturated heterocycles. The second kappa shape index (κ2) is 12.7. The van der Waals surface area contributed by atoms with Crippen molar-refractivity contribution in [3.8, 4) is 0 Å². The topological polar surface area (TPSA) is 17.8 Å². The summed E-state index contributed by atoms with van der Waals surface area (Å²) < 4.78 is 2.14. The van der Waals surface area contributed by atoms with Crippen molar-refractivity contribution in [1.29, 1.82) is 0 Å². The molecule has 0 aliphatic rings. The Bertz CT molecular complexity index is 616. The van der Waals surface area contributed by atoms with E-state index in [1.165, 1.54) is 56.3 Å². The number of hydrogen-bond donors (Lipinski definition) is 0. The fraction of sp³-hybridized carbons (Fsp3) is 0.571. The summed E-state index contributed by atoms with van der Waals surface area (Å²) in [5, 5.41) is 1.71. The summed E-state index contributed by atoms with van der Waals surface area (Å²) in [6.07, 6.45) is 16.3. The predicted molar refractivity (Wildman–Crippen MR) is 116 cm³/mol. The zero-order valence-corrected chi connectivity index (χ0v) is 18.0. The fourth-order valence-electron chi connectivity index (χ4n) is 3.03. The summed E-state index contributed by atoms with van der Waals surface area (Å²) in [5.41, 5.74) is 1.27. The van der Waals surface area contributed by atoms with Gasteiger partial charge < -0.3 is 4.57 Å². The molecule has 5 heteroatoms. The Kier molecular flexibility index (Phi) is 10.6. The maximum atomic E-state index is 6.25. The lowest BCUT2D eigenvalue weighted by molar-refractivity contribution is 0.602. The number of hydrogen-bond acceptors (Lipinski definition) is 2. The van der Waals surface area contributed by atoms with Gasteiger partial charge in [-0.15, -0.1) is 0 Å². The van der Waals surface area contributed by atoms with Crippen molar-refractivity contribution in [1.82, 2.24) is 9.55 Å². The van der Waals surface area contributed by atoms with Gasteiger partial charge in [0, 0.05) is 24.2 Å². The number of rotatable bonds is 13. The number of unbranched alkanes of at least 4 members (excludes halogenated alkanes) is 6. The van der Waals surface area contributed by atoms with E-state index in [4.69, 9.17) is 23.2 Å². The number of benzene rings is 1. The van der Waals surface area contributed by atoms with Crippen LogP contribution in [0.1, 0.15) is 69.1 Å². The van der Waals surface area contributed by atoms with Crippen LogP contribution in [0, 0.1) is 0 Å². The van der Waals surface area contributed by atoms with Gasteiger partial charge in [-0.05, 0) is 36.3 Å². The van der Waals surface area contributed by atoms with Crippen LogP contribution in [0.4, 0.5) is 0 Å². The molecule has 0 bridgehead atoms. The van der Waals surface area contributed by atoms with Gasteiger partial charge in [0.15, 0.2) is 0 Å². The Labute approximate surface area is 172 Å². The number of nitrogens with zero attached hydrogens (tertiary/aromatic N) is 2. The lowest BCUT2D eigenvalue weighted by Crippen LogP contribution is -2.02. The molecule has 0 fully saturated rings. The summed E-state index contributed by atoms with van der Waals surface area (Å²) in [6.45, 7) is 3.23. The largest absolute Gasteiger partial charge is 0.337 e. The summed E-state index contributed by atoms with van der Waals surface area (Å²) in [7, 11) is 0. The molecule has 0 N–H and O–H groups in total. The van der Waals surface area contributed by atoms with Crippen LogP contribution < -0.4 is 0 Å². The van der Waals surface area contributed by atoms with E-state index in [2.05, 4.69) is 22.5 Å². The van der Waals surface area contributed by atoms with Crippen LogP contribution in [-0.4, -0.2) is 15.3 Å². The molecule has 144 valence electrons. The Morgan fingerprint density at radius 3 is 2.50 bits per heavy atom. The summed E-state index contributed by atoms with van der Waals surface area (Å²) in [6, 6.07) is 6.06. The number of halogens is 2. The maximum absolute atomic E-state index is 6.25. The van der Waals surface area contributed by atoms with Crippen molar-refractivity contribution in [3.63, 3.8) is 0 Å². The van der Waals surface area contributed by atoms with E-state index in [1.807, 2.05) is 42.6 Å². The van der Waals surface area contributed by atoms with Gasteiger partial charge in [-0.2, -0.15) is 11.8 Å². The van der Waals surface area contributed by atoms with E-state index in [9.17, 15) is 0 Å². The van der Waals surface area contributed by atoms with E-state index in [1.54, 1.807) is 0 Å². The van der Waals surface area contributed by atoms with Gasteiger partial charge in [-0.25, -0.2) is 4.98 Å². The lowest BCUT2D eigenvalue weighted by Gasteiger charge is -2.18. The van der Waals surface area contributed by atoms with Crippen LogP contribution in [0.3, 0.4) is 0 Å². The lowest BCUT2D eigenvalue weighted by atomic mass is 10.1. The van der Waals surface area contributed by atoms with Crippen LogP contribution in [-0.2, 0) is 6.54 Å². The molecule has 0 radical (unpaired) electrons. The summed E-state index contributed by atoms with van der Waals surface area (Å²) in [5.74, 6) is 1.20. The average Bonchev–Trinajstić information content (AvgIpc) is 3.16. The number of imidazole rings is 1. The van der Waals surface area contributed by atoms with E-state index >= 15 is 0 Å². The van der Waals surface area contributed by atoms with Crippen molar-refractivity contribution in [2.45, 2.75) is 70.1 Å². The van der Waals surface area contributed by atoms with Gasteiger partial charge in [-0.1, -0.05) is 74.7 Å². The Hall–Kier alpha value is -0.640. The number of aryl methyl sites for hydroxylation is 1. The number of aromatic nitrogens is 2. The van der Waals surface area contributed by atoms with Gasteiger partial charge in [0.05, 0.1) is 16.4 Å². The maximum Gasteiger partial charge on any atom is 0.0945 e. The average molecular weight is 413 g/mol. The minimum atomic E-state index is 0.437. The molecule has 1 heterocycles. The highest BCUT2D eigenvalue weighted by Gasteiger charge is 2.14. The third-order valence-corrected chi connectivity index (χ3v) is 6.76. The SMILES string of the molecule is CCCCCCCCCSC(CCn1ccnc1)c1ccc(Cl)c(Cl)c1. The highest BCUT2D eigenvalue weighted by molar-refractivity contribution is 7.99. The molecule has 1 unspecified atom stereocenters. The second-order valence-corrected chi connectivity index (χ2v) is 8.87. The zero-order valence-electron chi connectivity index (χ0n) is 15.7. The van der Waals surface area contributed by atoms with E-state index < -0.39 is 0 Å². The highest BCUT2D eigenvalue weighted by Crippen LogP contribution is 2.36. The van der Waals surface area contributed by atoms with Gasteiger partial charge >= 0.3 is 0 Å². The van der Waals surface area contributed by atoms with Crippen LogP contribution >= 0.6 is 35.0 Å². The summed E-state index contributed by atoms with van der Waals surface area (Å²) in [4.78, 5) is 4.13. The van der Waals surface area contributed by atoms with Gasteiger partial charge in [0.1, 0.15) is 0 Å².